The second kappa shape index (κ2) is 8.00. The van der Waals surface area contributed by atoms with Crippen LogP contribution < -0.4 is 11.3 Å². The fraction of sp³-hybridized carbons (Fsp3) is 0.400. The SMILES string of the molecule is Cc1cccc(C)c1C.NC(=O)Cn1nnc2sc3c(c2c1=O)CCCC3. The van der Waals surface area contributed by atoms with Gasteiger partial charge in [-0.15, -0.1) is 16.4 Å². The van der Waals surface area contributed by atoms with Crippen molar-refractivity contribution in [3.05, 3.63) is 55.7 Å². The van der Waals surface area contributed by atoms with E-state index in [4.69, 9.17) is 5.73 Å². The van der Waals surface area contributed by atoms with Gasteiger partial charge in [-0.3, -0.25) is 9.59 Å². The number of nitrogens with two attached hydrogens (primary N) is 1. The van der Waals surface area contributed by atoms with E-state index in [1.807, 2.05) is 0 Å². The normalized spacial score (nSPS) is 13.0. The fourth-order valence-corrected chi connectivity index (χ4v) is 4.45. The van der Waals surface area contributed by atoms with Crippen molar-refractivity contribution in [1.82, 2.24) is 15.0 Å². The molecule has 0 aliphatic heterocycles. The highest BCUT2D eigenvalue weighted by Crippen LogP contribution is 2.33. The molecule has 0 radical (unpaired) electrons. The van der Waals surface area contributed by atoms with Gasteiger partial charge in [0.1, 0.15) is 6.54 Å². The van der Waals surface area contributed by atoms with Gasteiger partial charge in [-0.05, 0) is 68.7 Å². The molecule has 0 atom stereocenters. The van der Waals surface area contributed by atoms with Gasteiger partial charge in [0.05, 0.1) is 5.39 Å². The number of fused-ring (bicyclic) bond motifs is 3. The van der Waals surface area contributed by atoms with Crippen molar-refractivity contribution in [2.45, 2.75) is 53.0 Å². The molecule has 7 heteroatoms. The number of aromatic nitrogens is 3. The van der Waals surface area contributed by atoms with E-state index in [0.29, 0.717) is 10.2 Å². The molecule has 0 bridgehead atoms. The van der Waals surface area contributed by atoms with Crippen molar-refractivity contribution >= 4 is 27.5 Å². The maximum atomic E-state index is 12.3. The maximum Gasteiger partial charge on any atom is 0.279 e. The van der Waals surface area contributed by atoms with Crippen molar-refractivity contribution in [2.24, 2.45) is 5.73 Å². The number of thiophene rings is 1. The lowest BCUT2D eigenvalue weighted by molar-refractivity contribution is -0.118. The molecular weight excluding hydrogens is 360 g/mol. The number of carbonyl (C=O) groups excluding carboxylic acids is 1. The van der Waals surface area contributed by atoms with Gasteiger partial charge < -0.3 is 5.73 Å². The summed E-state index contributed by atoms with van der Waals surface area (Å²) < 4.78 is 1.05. The minimum absolute atomic E-state index is 0.216. The standard InChI is InChI=1S/C11H12N4O2S.C9H12/c12-8(16)5-15-11(17)9-6-3-1-2-4-7(6)18-10(9)13-14-15;1-7-5-4-6-8(2)9(7)3/h1-5H2,(H2,12,16);4-6H,1-3H3. The van der Waals surface area contributed by atoms with E-state index < -0.39 is 5.91 Å². The average molecular weight is 385 g/mol. The minimum atomic E-state index is -0.588. The Hall–Kier alpha value is -2.54. The Kier molecular flexibility index (Phi) is 5.70. The number of hydrogen-bond donors (Lipinski definition) is 1. The maximum absolute atomic E-state index is 12.3. The van der Waals surface area contributed by atoms with E-state index in [1.54, 1.807) is 0 Å². The van der Waals surface area contributed by atoms with Crippen LogP contribution in [0.3, 0.4) is 0 Å². The van der Waals surface area contributed by atoms with Crippen molar-refractivity contribution in [3.63, 3.8) is 0 Å². The Morgan fingerprint density at radius 1 is 1.19 bits per heavy atom. The first-order valence-electron chi connectivity index (χ1n) is 9.07. The van der Waals surface area contributed by atoms with Gasteiger partial charge in [-0.25, -0.2) is 4.68 Å². The smallest absolute Gasteiger partial charge is 0.279 e. The Labute approximate surface area is 162 Å². The minimum Gasteiger partial charge on any atom is -0.368 e. The quantitative estimate of drug-likeness (QED) is 0.735. The fourth-order valence-electron chi connectivity index (χ4n) is 3.26. The Bertz CT molecular complexity index is 1030. The third-order valence-electron chi connectivity index (χ3n) is 5.03. The Morgan fingerprint density at radius 2 is 1.85 bits per heavy atom. The predicted molar refractivity (Wildman–Crippen MR) is 108 cm³/mol. The van der Waals surface area contributed by atoms with E-state index >= 15 is 0 Å². The number of amides is 1. The summed E-state index contributed by atoms with van der Waals surface area (Å²) in [6.07, 6.45) is 4.16. The van der Waals surface area contributed by atoms with Crippen LogP contribution in [0.2, 0.25) is 0 Å². The van der Waals surface area contributed by atoms with Crippen LogP contribution in [-0.4, -0.2) is 20.9 Å². The van der Waals surface area contributed by atoms with Gasteiger partial charge in [0, 0.05) is 4.88 Å². The molecular formula is C20H24N4O2S. The van der Waals surface area contributed by atoms with Crippen LogP contribution in [0.5, 0.6) is 0 Å². The zero-order valence-electron chi connectivity index (χ0n) is 15.9. The number of primary amides is 1. The largest absolute Gasteiger partial charge is 0.368 e. The van der Waals surface area contributed by atoms with Crippen LogP contribution in [0.25, 0.3) is 10.2 Å². The summed E-state index contributed by atoms with van der Waals surface area (Å²) in [6, 6.07) is 6.38. The molecule has 3 aromatic rings. The van der Waals surface area contributed by atoms with Gasteiger partial charge in [0.25, 0.3) is 5.56 Å². The van der Waals surface area contributed by atoms with Gasteiger partial charge in [0.15, 0.2) is 4.83 Å². The summed E-state index contributed by atoms with van der Waals surface area (Å²) in [7, 11) is 0. The van der Waals surface area contributed by atoms with Crippen molar-refractivity contribution in [3.8, 4) is 0 Å². The molecule has 0 unspecified atom stereocenters. The molecule has 2 heterocycles. The lowest BCUT2D eigenvalue weighted by atomic mass is 9.97. The average Bonchev–Trinajstić information content (AvgIpc) is 3.01. The van der Waals surface area contributed by atoms with E-state index in [9.17, 15) is 9.59 Å². The number of aryl methyl sites for hydroxylation is 4. The summed E-state index contributed by atoms with van der Waals surface area (Å²) in [5.41, 5.74) is 10.1. The van der Waals surface area contributed by atoms with E-state index in [1.165, 1.54) is 32.9 Å². The van der Waals surface area contributed by atoms with Crippen LogP contribution in [0, 0.1) is 20.8 Å². The third-order valence-corrected chi connectivity index (χ3v) is 6.20. The second-order valence-electron chi connectivity index (χ2n) is 6.93. The number of carbonyl (C=O) groups is 1. The molecule has 2 aromatic heterocycles. The zero-order valence-corrected chi connectivity index (χ0v) is 16.7. The first-order valence-corrected chi connectivity index (χ1v) is 9.89. The number of nitrogens with zero attached hydrogens (tertiary/aromatic N) is 3. The van der Waals surface area contributed by atoms with Crippen molar-refractivity contribution in [2.75, 3.05) is 0 Å². The van der Waals surface area contributed by atoms with Gasteiger partial charge in [-0.2, -0.15) is 0 Å². The molecule has 0 fully saturated rings. The number of hydrogen-bond acceptors (Lipinski definition) is 5. The molecule has 4 rings (SSSR count). The highest BCUT2D eigenvalue weighted by molar-refractivity contribution is 7.18. The molecule has 1 amide bonds. The third kappa shape index (κ3) is 4.08. The summed E-state index contributed by atoms with van der Waals surface area (Å²) in [5.74, 6) is -0.588. The summed E-state index contributed by atoms with van der Waals surface area (Å²) >= 11 is 1.54. The van der Waals surface area contributed by atoms with Crippen LogP contribution in [0.4, 0.5) is 0 Å². The molecule has 1 aliphatic carbocycles. The Morgan fingerprint density at radius 3 is 2.48 bits per heavy atom. The summed E-state index contributed by atoms with van der Waals surface area (Å²) in [5, 5.41) is 8.41. The molecule has 0 saturated heterocycles. The first kappa shape index (κ1) is 19.2. The van der Waals surface area contributed by atoms with Crippen LogP contribution in [0.15, 0.2) is 23.0 Å². The number of benzene rings is 1. The number of rotatable bonds is 2. The van der Waals surface area contributed by atoms with Crippen LogP contribution >= 0.6 is 11.3 Å². The molecule has 1 aromatic carbocycles. The molecule has 1 aliphatic rings. The van der Waals surface area contributed by atoms with E-state index in [0.717, 1.165) is 35.9 Å². The summed E-state index contributed by atoms with van der Waals surface area (Å²) in [4.78, 5) is 25.0. The first-order chi connectivity index (χ1) is 12.9. The molecule has 2 N–H and O–H groups in total. The Balaban J connectivity index is 0.000000197. The van der Waals surface area contributed by atoms with Crippen molar-refractivity contribution < 1.29 is 4.79 Å². The van der Waals surface area contributed by atoms with E-state index in [2.05, 4.69) is 49.3 Å². The lowest BCUT2D eigenvalue weighted by Crippen LogP contribution is -2.30. The van der Waals surface area contributed by atoms with Gasteiger partial charge in [0.2, 0.25) is 5.91 Å². The molecule has 0 saturated carbocycles. The highest BCUT2D eigenvalue weighted by atomic mass is 32.1. The topological polar surface area (TPSA) is 90.9 Å². The zero-order chi connectivity index (χ0) is 19.6. The second-order valence-corrected chi connectivity index (χ2v) is 8.01. The molecule has 142 valence electrons. The lowest BCUT2D eigenvalue weighted by Gasteiger charge is -2.09. The van der Waals surface area contributed by atoms with Gasteiger partial charge in [-0.1, -0.05) is 23.4 Å². The predicted octanol–water partition coefficient (Wildman–Crippen LogP) is 2.83. The van der Waals surface area contributed by atoms with Crippen molar-refractivity contribution in [1.29, 1.82) is 0 Å². The molecule has 0 spiro atoms. The van der Waals surface area contributed by atoms with Crippen LogP contribution in [-0.2, 0) is 24.2 Å². The molecule has 27 heavy (non-hydrogen) atoms. The summed E-state index contributed by atoms with van der Waals surface area (Å²) in [6.45, 7) is 6.22. The van der Waals surface area contributed by atoms with E-state index in [-0.39, 0.29) is 12.1 Å². The highest BCUT2D eigenvalue weighted by Gasteiger charge is 2.20. The van der Waals surface area contributed by atoms with Gasteiger partial charge >= 0.3 is 0 Å². The molecule has 6 nitrogen and oxygen atoms in total. The monoisotopic (exact) mass is 384 g/mol. The van der Waals surface area contributed by atoms with Crippen LogP contribution in [0.1, 0.15) is 40.0 Å².